The van der Waals surface area contributed by atoms with Crippen LogP contribution < -0.4 is 5.32 Å². The van der Waals surface area contributed by atoms with Crippen molar-refractivity contribution in [2.24, 2.45) is 5.92 Å². The van der Waals surface area contributed by atoms with Gasteiger partial charge in [-0.2, -0.15) is 0 Å². The van der Waals surface area contributed by atoms with E-state index in [1.165, 1.54) is 5.56 Å². The summed E-state index contributed by atoms with van der Waals surface area (Å²) < 4.78 is 10.8. The smallest absolute Gasteiger partial charge is 0.221 e. The molecule has 3 rings (SSSR count). The zero-order valence-corrected chi connectivity index (χ0v) is 12.3. The van der Waals surface area contributed by atoms with Gasteiger partial charge in [-0.15, -0.1) is 0 Å². The first-order chi connectivity index (χ1) is 10.3. The molecule has 1 aromatic rings. The lowest BCUT2D eigenvalue weighted by Gasteiger charge is -2.38. The maximum absolute atomic E-state index is 12.4. The Hall–Kier alpha value is -1.39. The maximum Gasteiger partial charge on any atom is 0.221 e. The molecular weight excluding hydrogens is 266 g/mol. The number of benzene rings is 1. The number of hydrogen-bond acceptors (Lipinski definition) is 3. The Morgan fingerprint density at radius 3 is 2.57 bits per heavy atom. The highest BCUT2D eigenvalue weighted by atomic mass is 16.5. The first-order valence-electron chi connectivity index (χ1n) is 7.80. The second kappa shape index (κ2) is 6.58. The van der Waals surface area contributed by atoms with E-state index < -0.39 is 0 Å². The van der Waals surface area contributed by atoms with E-state index in [2.05, 4.69) is 17.4 Å². The van der Waals surface area contributed by atoms with E-state index in [0.717, 1.165) is 32.5 Å². The van der Waals surface area contributed by atoms with Crippen molar-refractivity contribution in [2.75, 3.05) is 26.4 Å². The molecule has 21 heavy (non-hydrogen) atoms. The predicted molar refractivity (Wildman–Crippen MR) is 79.9 cm³/mol. The van der Waals surface area contributed by atoms with Gasteiger partial charge in [0, 0.05) is 32.8 Å². The van der Waals surface area contributed by atoms with Gasteiger partial charge >= 0.3 is 0 Å². The predicted octanol–water partition coefficient (Wildman–Crippen LogP) is 2.24. The molecule has 1 N–H and O–H groups in total. The number of nitrogens with one attached hydrogen (secondary N) is 1. The van der Waals surface area contributed by atoms with Crippen molar-refractivity contribution >= 4 is 5.91 Å². The third-order valence-electron chi connectivity index (χ3n) is 4.55. The fourth-order valence-electron chi connectivity index (χ4n) is 3.29. The first kappa shape index (κ1) is 14.5. The number of carbonyl (C=O) groups excluding carboxylic acids is 1. The molecule has 1 aromatic carbocycles. The third kappa shape index (κ3) is 3.44. The molecule has 1 atom stereocenters. The lowest BCUT2D eigenvalue weighted by atomic mass is 9.82. The van der Waals surface area contributed by atoms with Crippen LogP contribution in [0.2, 0.25) is 0 Å². The molecule has 0 aliphatic carbocycles. The van der Waals surface area contributed by atoms with Gasteiger partial charge in [-0.3, -0.25) is 4.79 Å². The summed E-state index contributed by atoms with van der Waals surface area (Å²) >= 11 is 0. The van der Waals surface area contributed by atoms with E-state index >= 15 is 0 Å². The molecule has 2 fully saturated rings. The molecule has 1 amide bonds. The number of hydrogen-bond donors (Lipinski definition) is 1. The van der Waals surface area contributed by atoms with E-state index in [-0.39, 0.29) is 11.4 Å². The number of ether oxygens (including phenoxy) is 2. The summed E-state index contributed by atoms with van der Waals surface area (Å²) in [5, 5.41) is 3.30. The van der Waals surface area contributed by atoms with Gasteiger partial charge in [0.1, 0.15) is 0 Å². The number of rotatable bonds is 4. The third-order valence-corrected chi connectivity index (χ3v) is 4.55. The normalized spacial score (nSPS) is 24.7. The van der Waals surface area contributed by atoms with Gasteiger partial charge in [0.15, 0.2) is 0 Å². The van der Waals surface area contributed by atoms with Crippen LogP contribution in [0.5, 0.6) is 0 Å². The minimum Gasteiger partial charge on any atom is -0.381 e. The van der Waals surface area contributed by atoms with Crippen LogP contribution in [0.3, 0.4) is 0 Å². The molecular formula is C17H23NO3. The van der Waals surface area contributed by atoms with Crippen LogP contribution in [0.15, 0.2) is 30.3 Å². The number of amides is 1. The van der Waals surface area contributed by atoms with Gasteiger partial charge in [-0.1, -0.05) is 30.3 Å². The van der Waals surface area contributed by atoms with E-state index in [9.17, 15) is 4.79 Å². The largest absolute Gasteiger partial charge is 0.381 e. The molecule has 114 valence electrons. The van der Waals surface area contributed by atoms with Gasteiger partial charge in [0.05, 0.1) is 5.54 Å². The zero-order valence-electron chi connectivity index (χ0n) is 12.3. The van der Waals surface area contributed by atoms with Crippen LogP contribution in [0.4, 0.5) is 0 Å². The summed E-state index contributed by atoms with van der Waals surface area (Å²) in [6.45, 7) is 2.90. The Morgan fingerprint density at radius 1 is 1.14 bits per heavy atom. The van der Waals surface area contributed by atoms with Crippen LogP contribution in [0.1, 0.15) is 31.2 Å². The summed E-state index contributed by atoms with van der Waals surface area (Å²) in [6, 6.07) is 10.3. The Kier molecular flexibility index (Phi) is 4.56. The van der Waals surface area contributed by atoms with Crippen molar-refractivity contribution in [2.45, 2.75) is 31.2 Å². The van der Waals surface area contributed by atoms with Crippen molar-refractivity contribution in [3.05, 3.63) is 35.9 Å². The summed E-state index contributed by atoms with van der Waals surface area (Å²) in [5.41, 5.74) is 0.917. The second-order valence-electron chi connectivity index (χ2n) is 6.04. The average Bonchev–Trinajstić information content (AvgIpc) is 3.02. The monoisotopic (exact) mass is 289 g/mol. The second-order valence-corrected chi connectivity index (χ2v) is 6.04. The van der Waals surface area contributed by atoms with E-state index in [0.29, 0.717) is 25.6 Å². The lowest BCUT2D eigenvalue weighted by Crippen LogP contribution is -2.49. The van der Waals surface area contributed by atoms with Crippen molar-refractivity contribution in [3.8, 4) is 0 Å². The van der Waals surface area contributed by atoms with Crippen molar-refractivity contribution in [3.63, 3.8) is 0 Å². The van der Waals surface area contributed by atoms with E-state index in [1.807, 2.05) is 18.2 Å². The molecule has 4 heteroatoms. The minimum atomic E-state index is -0.268. The fourth-order valence-corrected chi connectivity index (χ4v) is 3.29. The molecule has 2 aliphatic heterocycles. The Morgan fingerprint density at radius 2 is 1.90 bits per heavy atom. The highest BCUT2D eigenvalue weighted by Gasteiger charge is 2.36. The summed E-state index contributed by atoms with van der Waals surface area (Å²) in [4.78, 5) is 12.4. The van der Waals surface area contributed by atoms with Gasteiger partial charge in [-0.05, 0) is 30.7 Å². The highest BCUT2D eigenvalue weighted by molar-refractivity contribution is 5.77. The fraction of sp³-hybridized carbons (Fsp3) is 0.588. The molecule has 0 spiro atoms. The van der Waals surface area contributed by atoms with Crippen LogP contribution in [-0.2, 0) is 19.8 Å². The first-order valence-corrected chi connectivity index (χ1v) is 7.80. The molecule has 0 saturated carbocycles. The molecule has 2 heterocycles. The average molecular weight is 289 g/mol. The SMILES string of the molecule is O=C(C[C@H]1CCOC1)NC1(c2ccccc2)CCOCC1. The van der Waals surface area contributed by atoms with Gasteiger partial charge in [0.25, 0.3) is 0 Å². The summed E-state index contributed by atoms with van der Waals surface area (Å²) in [5.74, 6) is 0.508. The van der Waals surface area contributed by atoms with Gasteiger partial charge < -0.3 is 14.8 Å². The summed E-state index contributed by atoms with van der Waals surface area (Å²) in [7, 11) is 0. The Balaban J connectivity index is 1.71. The van der Waals surface area contributed by atoms with Crippen molar-refractivity contribution < 1.29 is 14.3 Å². The highest BCUT2D eigenvalue weighted by Crippen LogP contribution is 2.32. The van der Waals surface area contributed by atoms with Crippen LogP contribution in [-0.4, -0.2) is 32.3 Å². The van der Waals surface area contributed by atoms with Gasteiger partial charge in [-0.25, -0.2) is 0 Å². The standard InChI is InChI=1S/C17H23NO3/c19-16(12-14-6-9-21-13-14)18-17(7-10-20-11-8-17)15-4-2-1-3-5-15/h1-5,14H,6-13H2,(H,18,19)/t14-/m1/s1. The maximum atomic E-state index is 12.4. The summed E-state index contributed by atoms with van der Waals surface area (Å²) in [6.07, 6.45) is 3.23. The van der Waals surface area contributed by atoms with Gasteiger partial charge in [0.2, 0.25) is 5.91 Å². The van der Waals surface area contributed by atoms with Crippen molar-refractivity contribution in [1.82, 2.24) is 5.32 Å². The van der Waals surface area contributed by atoms with Crippen molar-refractivity contribution in [1.29, 1.82) is 0 Å². The zero-order chi connectivity index (χ0) is 14.5. The molecule has 0 radical (unpaired) electrons. The molecule has 4 nitrogen and oxygen atoms in total. The molecule has 0 aromatic heterocycles. The Labute approximate surface area is 125 Å². The van der Waals surface area contributed by atoms with Crippen LogP contribution in [0.25, 0.3) is 0 Å². The minimum absolute atomic E-state index is 0.135. The van der Waals surface area contributed by atoms with Crippen LogP contribution >= 0.6 is 0 Å². The quantitative estimate of drug-likeness (QED) is 0.924. The Bertz CT molecular complexity index is 462. The molecule has 0 unspecified atom stereocenters. The topological polar surface area (TPSA) is 47.6 Å². The molecule has 2 aliphatic rings. The number of carbonyl (C=O) groups is 1. The van der Waals surface area contributed by atoms with E-state index in [4.69, 9.17) is 9.47 Å². The molecule has 0 bridgehead atoms. The molecule has 2 saturated heterocycles. The van der Waals surface area contributed by atoms with E-state index in [1.54, 1.807) is 0 Å². The lowest BCUT2D eigenvalue weighted by molar-refractivity contribution is -0.125. The van der Waals surface area contributed by atoms with Crippen LogP contribution in [0, 0.1) is 5.92 Å².